The Bertz CT molecular complexity index is 343. The maximum absolute atomic E-state index is 3.58. The lowest BCUT2D eigenvalue weighted by molar-refractivity contribution is 0.741. The second-order valence-electron chi connectivity index (χ2n) is 6.70. The second-order valence-corrected chi connectivity index (χ2v) is 6.70. The molecular formula is C21H39N3. The van der Waals surface area contributed by atoms with Crippen LogP contribution in [0.1, 0.15) is 78.6 Å². The molecule has 3 nitrogen and oxygen atoms in total. The average molecular weight is 334 g/mol. The maximum Gasteiger partial charge on any atom is 0.0381 e. The molecule has 0 radical (unpaired) electrons. The van der Waals surface area contributed by atoms with E-state index >= 15 is 0 Å². The monoisotopic (exact) mass is 333 g/mol. The molecule has 138 valence electrons. The number of benzene rings is 1. The van der Waals surface area contributed by atoms with E-state index in [1.54, 1.807) is 0 Å². The van der Waals surface area contributed by atoms with Crippen molar-refractivity contribution in [1.29, 1.82) is 0 Å². The van der Waals surface area contributed by atoms with Crippen LogP contribution < -0.4 is 16.0 Å². The van der Waals surface area contributed by atoms with Crippen LogP contribution in [-0.2, 0) is 0 Å². The van der Waals surface area contributed by atoms with Gasteiger partial charge >= 0.3 is 0 Å². The summed E-state index contributed by atoms with van der Waals surface area (Å²) in [5.41, 5.74) is 3.68. The molecule has 0 bridgehead atoms. The highest BCUT2D eigenvalue weighted by atomic mass is 14.9. The Morgan fingerprint density at radius 3 is 1.04 bits per heavy atom. The molecule has 0 aromatic heterocycles. The topological polar surface area (TPSA) is 36.1 Å². The lowest BCUT2D eigenvalue weighted by atomic mass is 10.2. The van der Waals surface area contributed by atoms with Gasteiger partial charge in [-0.25, -0.2) is 0 Å². The molecule has 0 unspecified atom stereocenters. The SMILES string of the molecule is CCCCCNc1cc(NCCCCC)cc(NCCCCC)c1. The summed E-state index contributed by atoms with van der Waals surface area (Å²) in [5.74, 6) is 0. The van der Waals surface area contributed by atoms with Crippen LogP contribution in [0.4, 0.5) is 17.1 Å². The van der Waals surface area contributed by atoms with Crippen LogP contribution in [0.5, 0.6) is 0 Å². The fraction of sp³-hybridized carbons (Fsp3) is 0.714. The molecule has 0 heterocycles. The van der Waals surface area contributed by atoms with Gasteiger partial charge in [0.05, 0.1) is 0 Å². The van der Waals surface area contributed by atoms with Gasteiger partial charge < -0.3 is 16.0 Å². The van der Waals surface area contributed by atoms with E-state index in [0.717, 1.165) is 19.6 Å². The molecule has 1 aromatic carbocycles. The zero-order chi connectivity index (χ0) is 17.5. The molecular weight excluding hydrogens is 294 g/mol. The molecule has 0 fully saturated rings. The van der Waals surface area contributed by atoms with Gasteiger partial charge in [-0.1, -0.05) is 59.3 Å². The predicted molar refractivity (Wildman–Crippen MR) is 110 cm³/mol. The van der Waals surface area contributed by atoms with Crippen LogP contribution in [0.25, 0.3) is 0 Å². The van der Waals surface area contributed by atoms with Crippen LogP contribution in [0.2, 0.25) is 0 Å². The number of nitrogens with one attached hydrogen (secondary N) is 3. The van der Waals surface area contributed by atoms with Gasteiger partial charge in [-0.3, -0.25) is 0 Å². The minimum absolute atomic E-state index is 1.06. The first kappa shape index (κ1) is 20.7. The molecule has 0 aliphatic carbocycles. The molecule has 0 saturated heterocycles. The molecule has 0 amide bonds. The van der Waals surface area contributed by atoms with Gasteiger partial charge in [0.2, 0.25) is 0 Å². The van der Waals surface area contributed by atoms with Gasteiger partial charge in [-0.2, -0.15) is 0 Å². The number of hydrogen-bond acceptors (Lipinski definition) is 3. The zero-order valence-electron chi connectivity index (χ0n) is 16.2. The van der Waals surface area contributed by atoms with Crippen LogP contribution >= 0.6 is 0 Å². The highest BCUT2D eigenvalue weighted by Crippen LogP contribution is 2.23. The minimum atomic E-state index is 1.06. The Kier molecular flexibility index (Phi) is 12.1. The van der Waals surface area contributed by atoms with E-state index in [0.29, 0.717) is 0 Å². The summed E-state index contributed by atoms with van der Waals surface area (Å²) in [7, 11) is 0. The van der Waals surface area contributed by atoms with Gasteiger partial charge in [-0.15, -0.1) is 0 Å². The standard InChI is InChI=1S/C21H39N3/c1-4-7-10-13-22-19-16-20(23-14-11-8-5-2)18-21(17-19)24-15-12-9-6-3/h16-18,22-24H,4-15H2,1-3H3. The van der Waals surface area contributed by atoms with Crippen LogP contribution in [0, 0.1) is 0 Å². The van der Waals surface area contributed by atoms with Crippen molar-refractivity contribution in [3.05, 3.63) is 18.2 Å². The van der Waals surface area contributed by atoms with E-state index in [9.17, 15) is 0 Å². The molecule has 0 spiro atoms. The summed E-state index contributed by atoms with van der Waals surface area (Å²) in [6, 6.07) is 6.74. The fourth-order valence-electron chi connectivity index (χ4n) is 2.76. The summed E-state index contributed by atoms with van der Waals surface area (Å²) in [6.07, 6.45) is 11.4. The number of rotatable bonds is 15. The Hall–Kier alpha value is -1.38. The Balaban J connectivity index is 2.58. The van der Waals surface area contributed by atoms with Crippen molar-refractivity contribution in [2.45, 2.75) is 78.6 Å². The summed E-state index contributed by atoms with van der Waals surface area (Å²) in [6.45, 7) is 9.92. The van der Waals surface area contributed by atoms with E-state index in [-0.39, 0.29) is 0 Å². The quantitative estimate of drug-likeness (QED) is 0.321. The summed E-state index contributed by atoms with van der Waals surface area (Å²) in [4.78, 5) is 0. The Labute approximate surface area is 150 Å². The minimum Gasteiger partial charge on any atom is -0.385 e. The van der Waals surface area contributed by atoms with E-state index in [1.807, 2.05) is 0 Å². The first-order valence-corrected chi connectivity index (χ1v) is 10.2. The van der Waals surface area contributed by atoms with Crippen molar-refractivity contribution in [2.24, 2.45) is 0 Å². The van der Waals surface area contributed by atoms with Crippen LogP contribution in [0.3, 0.4) is 0 Å². The van der Waals surface area contributed by atoms with Gasteiger partial charge in [0.25, 0.3) is 0 Å². The zero-order valence-corrected chi connectivity index (χ0v) is 16.2. The van der Waals surface area contributed by atoms with Gasteiger partial charge in [-0.05, 0) is 37.5 Å². The largest absolute Gasteiger partial charge is 0.385 e. The predicted octanol–water partition coefficient (Wildman–Crippen LogP) is 6.49. The number of hydrogen-bond donors (Lipinski definition) is 3. The third-order valence-electron chi connectivity index (χ3n) is 4.26. The fourth-order valence-corrected chi connectivity index (χ4v) is 2.76. The molecule has 1 aromatic rings. The summed E-state index contributed by atoms with van der Waals surface area (Å²) >= 11 is 0. The molecule has 0 atom stereocenters. The van der Waals surface area contributed by atoms with Crippen molar-refractivity contribution in [2.75, 3.05) is 35.6 Å². The molecule has 0 aliphatic rings. The third-order valence-corrected chi connectivity index (χ3v) is 4.26. The van der Waals surface area contributed by atoms with Crippen molar-refractivity contribution >= 4 is 17.1 Å². The van der Waals surface area contributed by atoms with Gasteiger partial charge in [0.1, 0.15) is 0 Å². The molecule has 1 rings (SSSR count). The van der Waals surface area contributed by atoms with Crippen molar-refractivity contribution in [3.8, 4) is 0 Å². The maximum atomic E-state index is 3.58. The first-order chi connectivity index (χ1) is 11.8. The third kappa shape index (κ3) is 9.69. The molecule has 0 saturated carbocycles. The van der Waals surface area contributed by atoms with E-state index in [4.69, 9.17) is 0 Å². The Morgan fingerprint density at radius 2 is 0.792 bits per heavy atom. The lowest BCUT2D eigenvalue weighted by Crippen LogP contribution is -2.07. The van der Waals surface area contributed by atoms with Crippen LogP contribution in [0.15, 0.2) is 18.2 Å². The van der Waals surface area contributed by atoms with Crippen molar-refractivity contribution < 1.29 is 0 Å². The lowest BCUT2D eigenvalue weighted by Gasteiger charge is -2.14. The summed E-state index contributed by atoms with van der Waals surface area (Å²) < 4.78 is 0. The van der Waals surface area contributed by atoms with Crippen molar-refractivity contribution in [1.82, 2.24) is 0 Å². The van der Waals surface area contributed by atoms with Gasteiger partial charge in [0, 0.05) is 36.7 Å². The molecule has 24 heavy (non-hydrogen) atoms. The van der Waals surface area contributed by atoms with E-state index in [2.05, 4.69) is 54.9 Å². The highest BCUT2D eigenvalue weighted by Gasteiger charge is 2.01. The van der Waals surface area contributed by atoms with Crippen LogP contribution in [-0.4, -0.2) is 19.6 Å². The molecule has 3 heteroatoms. The van der Waals surface area contributed by atoms with Crippen molar-refractivity contribution in [3.63, 3.8) is 0 Å². The second kappa shape index (κ2) is 14.0. The molecule has 0 aliphatic heterocycles. The average Bonchev–Trinajstić information content (AvgIpc) is 2.59. The van der Waals surface area contributed by atoms with E-state index < -0.39 is 0 Å². The smallest absolute Gasteiger partial charge is 0.0381 e. The highest BCUT2D eigenvalue weighted by molar-refractivity contribution is 5.67. The van der Waals surface area contributed by atoms with E-state index in [1.165, 1.54) is 74.8 Å². The van der Waals surface area contributed by atoms with Gasteiger partial charge in [0.15, 0.2) is 0 Å². The number of anilines is 3. The normalized spacial score (nSPS) is 10.6. The summed E-state index contributed by atoms with van der Waals surface area (Å²) in [5, 5.41) is 10.8. The number of unbranched alkanes of at least 4 members (excludes halogenated alkanes) is 6. The Morgan fingerprint density at radius 1 is 0.500 bits per heavy atom. The first-order valence-electron chi connectivity index (χ1n) is 10.2. The molecule has 3 N–H and O–H groups in total.